The van der Waals surface area contributed by atoms with E-state index in [0.717, 1.165) is 5.56 Å². The smallest absolute Gasteiger partial charge is 0.416 e. The Morgan fingerprint density at radius 3 is 2.32 bits per heavy atom. The first-order valence-corrected chi connectivity index (χ1v) is 9.71. The topological polar surface area (TPSA) is 93.2 Å². The van der Waals surface area contributed by atoms with Crippen LogP contribution in [0.2, 0.25) is 0 Å². The lowest BCUT2D eigenvalue weighted by Crippen LogP contribution is -2.47. The summed E-state index contributed by atoms with van der Waals surface area (Å²) in [6, 6.07) is 6.85. The van der Waals surface area contributed by atoms with E-state index in [1.165, 1.54) is 10.7 Å². The Labute approximate surface area is 175 Å². The molecule has 9 nitrogen and oxygen atoms in total. The largest absolute Gasteiger partial charge is 0.470 e. The summed E-state index contributed by atoms with van der Waals surface area (Å²) in [6.45, 7) is 3.95. The standard InChI is InChI=1S/C19H20F3N7O2/c20-19(21,22)18-25-24-16(31-18)13-28-9-7-27(8-10-28)11-12-29-17(30)2-1-15(26-29)14-3-5-23-6-4-14/h1-6H,7-13H2. The van der Waals surface area contributed by atoms with Crippen molar-refractivity contribution in [3.63, 3.8) is 0 Å². The van der Waals surface area contributed by atoms with E-state index in [2.05, 4.69) is 25.2 Å². The van der Waals surface area contributed by atoms with Gasteiger partial charge >= 0.3 is 12.1 Å². The molecule has 0 atom stereocenters. The van der Waals surface area contributed by atoms with Gasteiger partial charge in [-0.05, 0) is 18.2 Å². The van der Waals surface area contributed by atoms with Crippen LogP contribution in [0.15, 0.2) is 45.9 Å². The Hall–Kier alpha value is -3.12. The van der Waals surface area contributed by atoms with Crippen LogP contribution in [0.25, 0.3) is 11.3 Å². The number of rotatable bonds is 6. The number of pyridine rings is 1. The summed E-state index contributed by atoms with van der Waals surface area (Å²) in [6.07, 6.45) is -1.29. The minimum atomic E-state index is -4.63. The Bertz CT molecular complexity index is 1060. The zero-order valence-corrected chi connectivity index (χ0v) is 16.5. The molecule has 4 heterocycles. The molecule has 3 aromatic heterocycles. The van der Waals surface area contributed by atoms with Gasteiger partial charge in [-0.1, -0.05) is 0 Å². The van der Waals surface area contributed by atoms with Crippen LogP contribution in [-0.4, -0.2) is 67.5 Å². The predicted octanol–water partition coefficient (Wildman–Crippen LogP) is 1.52. The van der Waals surface area contributed by atoms with Crippen LogP contribution >= 0.6 is 0 Å². The van der Waals surface area contributed by atoms with E-state index in [4.69, 9.17) is 4.42 Å². The molecule has 3 aromatic rings. The number of halogens is 3. The Morgan fingerprint density at radius 2 is 1.65 bits per heavy atom. The van der Waals surface area contributed by atoms with Gasteiger partial charge in [0.2, 0.25) is 5.89 Å². The van der Waals surface area contributed by atoms with Gasteiger partial charge < -0.3 is 4.42 Å². The molecule has 0 radical (unpaired) electrons. The third-order valence-corrected chi connectivity index (χ3v) is 5.00. The van der Waals surface area contributed by atoms with Crippen LogP contribution in [0.5, 0.6) is 0 Å². The average molecular weight is 435 g/mol. The van der Waals surface area contributed by atoms with Crippen molar-refractivity contribution in [1.29, 1.82) is 0 Å². The molecule has 31 heavy (non-hydrogen) atoms. The summed E-state index contributed by atoms with van der Waals surface area (Å²) >= 11 is 0. The van der Waals surface area contributed by atoms with Gasteiger partial charge in [-0.2, -0.15) is 18.3 Å². The lowest BCUT2D eigenvalue weighted by atomic mass is 10.2. The number of aromatic nitrogens is 5. The summed E-state index contributed by atoms with van der Waals surface area (Å²) in [5.74, 6) is -1.38. The predicted molar refractivity (Wildman–Crippen MR) is 103 cm³/mol. The SMILES string of the molecule is O=c1ccc(-c2ccncc2)nn1CCN1CCN(Cc2nnc(C(F)(F)F)o2)CC1. The summed E-state index contributed by atoms with van der Waals surface area (Å²) in [5, 5.41) is 11.0. The van der Waals surface area contributed by atoms with Crippen molar-refractivity contribution in [2.75, 3.05) is 32.7 Å². The molecule has 0 saturated carbocycles. The maximum atomic E-state index is 12.6. The molecule has 0 amide bonds. The van der Waals surface area contributed by atoms with E-state index in [-0.39, 0.29) is 18.0 Å². The van der Waals surface area contributed by atoms with Gasteiger partial charge in [0, 0.05) is 56.7 Å². The minimum Gasteiger partial charge on any atom is -0.416 e. The number of piperazine rings is 1. The normalized spacial score (nSPS) is 16.0. The molecule has 0 bridgehead atoms. The monoisotopic (exact) mass is 435 g/mol. The molecule has 0 unspecified atom stereocenters. The molecule has 164 valence electrons. The average Bonchev–Trinajstić information content (AvgIpc) is 3.24. The van der Waals surface area contributed by atoms with E-state index < -0.39 is 12.1 Å². The quantitative estimate of drug-likeness (QED) is 0.576. The lowest BCUT2D eigenvalue weighted by Gasteiger charge is -2.33. The van der Waals surface area contributed by atoms with Crippen LogP contribution in [0, 0.1) is 0 Å². The zero-order valence-electron chi connectivity index (χ0n) is 16.5. The van der Waals surface area contributed by atoms with Crippen molar-refractivity contribution in [3.8, 4) is 11.3 Å². The number of hydrogen-bond donors (Lipinski definition) is 0. The fraction of sp³-hybridized carbons (Fsp3) is 0.421. The molecule has 1 fully saturated rings. The second-order valence-electron chi connectivity index (χ2n) is 7.13. The van der Waals surface area contributed by atoms with E-state index in [1.54, 1.807) is 18.5 Å². The summed E-state index contributed by atoms with van der Waals surface area (Å²) in [5.41, 5.74) is 1.41. The minimum absolute atomic E-state index is 0.0514. The van der Waals surface area contributed by atoms with Gasteiger partial charge in [0.25, 0.3) is 5.56 Å². The highest BCUT2D eigenvalue weighted by Gasteiger charge is 2.38. The Balaban J connectivity index is 1.29. The van der Waals surface area contributed by atoms with Crippen molar-refractivity contribution < 1.29 is 17.6 Å². The molecule has 0 aromatic carbocycles. The molecular weight excluding hydrogens is 415 g/mol. The van der Waals surface area contributed by atoms with Gasteiger partial charge in [-0.3, -0.25) is 19.6 Å². The van der Waals surface area contributed by atoms with Gasteiger partial charge in [0.15, 0.2) is 0 Å². The molecule has 0 spiro atoms. The molecular formula is C19H20F3N7O2. The molecule has 0 N–H and O–H groups in total. The summed E-state index contributed by atoms with van der Waals surface area (Å²) < 4.78 is 43.8. The van der Waals surface area contributed by atoms with Crippen LogP contribution in [0.1, 0.15) is 11.8 Å². The third-order valence-electron chi connectivity index (χ3n) is 5.00. The molecule has 1 aliphatic rings. The van der Waals surface area contributed by atoms with E-state index in [1.807, 2.05) is 17.0 Å². The van der Waals surface area contributed by atoms with Crippen molar-refractivity contribution >= 4 is 0 Å². The first kappa shape index (κ1) is 21.1. The lowest BCUT2D eigenvalue weighted by molar-refractivity contribution is -0.157. The fourth-order valence-electron chi connectivity index (χ4n) is 3.32. The third kappa shape index (κ3) is 5.33. The molecule has 1 aliphatic heterocycles. The van der Waals surface area contributed by atoms with E-state index in [9.17, 15) is 18.0 Å². The summed E-state index contributed by atoms with van der Waals surface area (Å²) in [4.78, 5) is 20.3. The van der Waals surface area contributed by atoms with Gasteiger partial charge in [-0.25, -0.2) is 4.68 Å². The van der Waals surface area contributed by atoms with Crippen LogP contribution < -0.4 is 5.56 Å². The fourth-order valence-corrected chi connectivity index (χ4v) is 3.32. The van der Waals surface area contributed by atoms with Crippen molar-refractivity contribution in [3.05, 3.63) is 58.8 Å². The molecule has 4 rings (SSSR count). The van der Waals surface area contributed by atoms with Crippen molar-refractivity contribution in [2.45, 2.75) is 19.3 Å². The van der Waals surface area contributed by atoms with Crippen LogP contribution in [-0.2, 0) is 19.3 Å². The number of hydrogen-bond acceptors (Lipinski definition) is 8. The molecule has 12 heteroatoms. The first-order chi connectivity index (χ1) is 14.9. The molecule has 1 saturated heterocycles. The summed E-state index contributed by atoms with van der Waals surface area (Å²) in [7, 11) is 0. The van der Waals surface area contributed by atoms with E-state index in [0.29, 0.717) is 45.0 Å². The maximum absolute atomic E-state index is 12.6. The van der Waals surface area contributed by atoms with E-state index >= 15 is 0 Å². The van der Waals surface area contributed by atoms with Crippen LogP contribution in [0.4, 0.5) is 13.2 Å². The highest BCUT2D eigenvalue weighted by atomic mass is 19.4. The zero-order chi connectivity index (χ0) is 21.8. The van der Waals surface area contributed by atoms with Crippen molar-refractivity contribution in [1.82, 2.24) is 34.8 Å². The maximum Gasteiger partial charge on any atom is 0.470 e. The van der Waals surface area contributed by atoms with Gasteiger partial charge in [0.05, 0.1) is 18.8 Å². The number of alkyl halides is 3. The second-order valence-corrected chi connectivity index (χ2v) is 7.13. The molecule has 0 aliphatic carbocycles. The highest BCUT2D eigenvalue weighted by Crippen LogP contribution is 2.27. The highest BCUT2D eigenvalue weighted by molar-refractivity contribution is 5.56. The van der Waals surface area contributed by atoms with Gasteiger partial charge in [-0.15, -0.1) is 10.2 Å². The van der Waals surface area contributed by atoms with Crippen LogP contribution in [0.3, 0.4) is 0 Å². The number of nitrogens with zero attached hydrogens (tertiary/aromatic N) is 7. The second kappa shape index (κ2) is 8.94. The van der Waals surface area contributed by atoms with Crippen molar-refractivity contribution in [2.24, 2.45) is 0 Å². The first-order valence-electron chi connectivity index (χ1n) is 9.71. The Kier molecular flexibility index (Phi) is 6.09. The Morgan fingerprint density at radius 1 is 0.935 bits per heavy atom. The van der Waals surface area contributed by atoms with Gasteiger partial charge in [0.1, 0.15) is 0 Å².